The summed E-state index contributed by atoms with van der Waals surface area (Å²) >= 11 is 7.49. The molecule has 16 heavy (non-hydrogen) atoms. The van der Waals surface area contributed by atoms with Gasteiger partial charge in [0.1, 0.15) is 0 Å². The Morgan fingerprint density at radius 3 is 3.19 bits per heavy atom. The molecule has 0 aromatic carbocycles. The van der Waals surface area contributed by atoms with E-state index in [1.807, 2.05) is 17.9 Å². The molecule has 1 amide bonds. The van der Waals surface area contributed by atoms with E-state index in [1.54, 1.807) is 11.3 Å². The van der Waals surface area contributed by atoms with E-state index in [0.29, 0.717) is 5.88 Å². The van der Waals surface area contributed by atoms with Crippen LogP contribution in [0.4, 0.5) is 0 Å². The van der Waals surface area contributed by atoms with Crippen LogP contribution in [0, 0.1) is 5.92 Å². The molecule has 0 N–H and O–H groups in total. The molecule has 2 rings (SSSR count). The minimum absolute atomic E-state index is 0.0674. The van der Waals surface area contributed by atoms with E-state index in [4.69, 9.17) is 11.6 Å². The van der Waals surface area contributed by atoms with Crippen LogP contribution in [0.25, 0.3) is 0 Å². The summed E-state index contributed by atoms with van der Waals surface area (Å²) in [6.07, 6.45) is 2.19. The van der Waals surface area contributed by atoms with Gasteiger partial charge in [0.15, 0.2) is 0 Å². The maximum absolute atomic E-state index is 12.1. The second kappa shape index (κ2) is 5.19. The fourth-order valence-corrected chi connectivity index (χ4v) is 3.16. The molecule has 1 aliphatic heterocycles. The molecule has 2 atom stereocenters. The second-order valence-electron chi connectivity index (χ2n) is 4.26. The number of alkyl halides is 1. The van der Waals surface area contributed by atoms with Crippen LogP contribution in [0.15, 0.2) is 17.5 Å². The number of hydrogen-bond acceptors (Lipinski definition) is 2. The topological polar surface area (TPSA) is 20.3 Å². The van der Waals surface area contributed by atoms with Crippen molar-refractivity contribution in [3.63, 3.8) is 0 Å². The van der Waals surface area contributed by atoms with E-state index in [9.17, 15) is 4.79 Å². The number of halogens is 1. The lowest BCUT2D eigenvalue weighted by atomic mass is 10.1. The molecule has 1 fully saturated rings. The molecule has 0 aliphatic carbocycles. The van der Waals surface area contributed by atoms with Crippen LogP contribution in [-0.2, 0) is 4.79 Å². The maximum atomic E-state index is 12.1. The predicted octanol–water partition coefficient (Wildman–Crippen LogP) is 3.29. The lowest BCUT2D eigenvalue weighted by Gasteiger charge is -2.26. The third-order valence-corrected chi connectivity index (χ3v) is 4.50. The number of rotatable bonds is 3. The summed E-state index contributed by atoms with van der Waals surface area (Å²) in [7, 11) is 0. The Morgan fingerprint density at radius 1 is 1.75 bits per heavy atom. The normalized spacial score (nSPS) is 22.4. The Hall–Kier alpha value is -0.540. The zero-order valence-electron chi connectivity index (χ0n) is 9.36. The number of nitrogens with zero attached hydrogens (tertiary/aromatic N) is 1. The van der Waals surface area contributed by atoms with Crippen LogP contribution in [0.5, 0.6) is 0 Å². The van der Waals surface area contributed by atoms with Gasteiger partial charge in [0.25, 0.3) is 0 Å². The number of hydrogen-bond donors (Lipinski definition) is 0. The first-order valence-corrected chi connectivity index (χ1v) is 7.05. The van der Waals surface area contributed by atoms with E-state index < -0.39 is 0 Å². The van der Waals surface area contributed by atoms with E-state index >= 15 is 0 Å². The third kappa shape index (κ3) is 2.25. The Balaban J connectivity index is 2.12. The van der Waals surface area contributed by atoms with Gasteiger partial charge >= 0.3 is 0 Å². The molecular weight excluding hydrogens is 242 g/mol. The van der Waals surface area contributed by atoms with Crippen molar-refractivity contribution in [1.29, 1.82) is 0 Å². The maximum Gasteiger partial charge on any atom is 0.227 e. The van der Waals surface area contributed by atoms with Gasteiger partial charge in [-0.3, -0.25) is 4.79 Å². The third-order valence-electron chi connectivity index (χ3n) is 3.06. The molecule has 0 saturated carbocycles. The highest BCUT2D eigenvalue weighted by atomic mass is 35.5. The van der Waals surface area contributed by atoms with Gasteiger partial charge in [-0.05, 0) is 24.3 Å². The zero-order valence-corrected chi connectivity index (χ0v) is 10.9. The molecule has 0 bridgehead atoms. The lowest BCUT2D eigenvalue weighted by Crippen LogP contribution is -2.35. The second-order valence-corrected chi connectivity index (χ2v) is 5.55. The summed E-state index contributed by atoms with van der Waals surface area (Å²) < 4.78 is 0. The smallest absolute Gasteiger partial charge is 0.227 e. The molecule has 1 aromatic rings. The van der Waals surface area contributed by atoms with E-state index in [0.717, 1.165) is 19.4 Å². The largest absolute Gasteiger partial charge is 0.335 e. The van der Waals surface area contributed by atoms with Crippen LogP contribution in [0.2, 0.25) is 0 Å². The van der Waals surface area contributed by atoms with Gasteiger partial charge in [-0.2, -0.15) is 0 Å². The monoisotopic (exact) mass is 257 g/mol. The fourth-order valence-electron chi connectivity index (χ4n) is 2.16. The van der Waals surface area contributed by atoms with Crippen LogP contribution >= 0.6 is 22.9 Å². The summed E-state index contributed by atoms with van der Waals surface area (Å²) in [5.41, 5.74) is 0. The predicted molar refractivity (Wildman–Crippen MR) is 67.9 cm³/mol. The first-order valence-electron chi connectivity index (χ1n) is 5.64. The number of carbonyl (C=O) groups is 1. The van der Waals surface area contributed by atoms with Crippen molar-refractivity contribution >= 4 is 28.8 Å². The summed E-state index contributed by atoms with van der Waals surface area (Å²) in [5, 5.41) is 2.07. The highest BCUT2D eigenvalue weighted by Crippen LogP contribution is 2.35. The average Bonchev–Trinajstić information content (AvgIpc) is 2.95. The zero-order chi connectivity index (χ0) is 11.5. The highest BCUT2D eigenvalue weighted by Gasteiger charge is 2.32. The molecule has 0 radical (unpaired) electrons. The van der Waals surface area contributed by atoms with Crippen LogP contribution in [-0.4, -0.2) is 23.2 Å². The van der Waals surface area contributed by atoms with Crippen molar-refractivity contribution < 1.29 is 4.79 Å². The van der Waals surface area contributed by atoms with Gasteiger partial charge in [0.2, 0.25) is 5.91 Å². The molecule has 1 saturated heterocycles. The molecule has 88 valence electrons. The molecule has 1 aliphatic rings. The first kappa shape index (κ1) is 11.9. The summed E-state index contributed by atoms with van der Waals surface area (Å²) in [5.74, 6) is 0.542. The molecule has 0 spiro atoms. The standard InChI is InChI=1S/C12H16ClNOS/c1-9(8-13)12(15)14-6-2-4-10(14)11-5-3-7-16-11/h3,5,7,9-10H,2,4,6,8H2,1H3. The van der Waals surface area contributed by atoms with Crippen molar-refractivity contribution in [3.05, 3.63) is 22.4 Å². The molecule has 2 nitrogen and oxygen atoms in total. The summed E-state index contributed by atoms with van der Waals surface area (Å²) in [4.78, 5) is 15.4. The Morgan fingerprint density at radius 2 is 2.56 bits per heavy atom. The number of amides is 1. The lowest BCUT2D eigenvalue weighted by molar-refractivity contribution is -0.135. The summed E-state index contributed by atoms with van der Waals surface area (Å²) in [6, 6.07) is 4.45. The van der Waals surface area contributed by atoms with E-state index in [-0.39, 0.29) is 17.9 Å². The quantitative estimate of drug-likeness (QED) is 0.761. The fraction of sp³-hybridized carbons (Fsp3) is 0.583. The van der Waals surface area contributed by atoms with Gasteiger partial charge in [0, 0.05) is 23.2 Å². The minimum Gasteiger partial charge on any atom is -0.335 e. The molecular formula is C12H16ClNOS. The van der Waals surface area contributed by atoms with E-state index in [2.05, 4.69) is 11.4 Å². The van der Waals surface area contributed by atoms with Crippen molar-refractivity contribution in [1.82, 2.24) is 4.90 Å². The van der Waals surface area contributed by atoms with Crippen LogP contribution < -0.4 is 0 Å². The van der Waals surface area contributed by atoms with Crippen molar-refractivity contribution in [2.45, 2.75) is 25.8 Å². The van der Waals surface area contributed by atoms with Crippen molar-refractivity contribution in [3.8, 4) is 0 Å². The van der Waals surface area contributed by atoms with Crippen LogP contribution in [0.1, 0.15) is 30.7 Å². The van der Waals surface area contributed by atoms with E-state index in [1.165, 1.54) is 4.88 Å². The van der Waals surface area contributed by atoms with Crippen molar-refractivity contribution in [2.75, 3.05) is 12.4 Å². The van der Waals surface area contributed by atoms with Gasteiger partial charge in [-0.25, -0.2) is 0 Å². The van der Waals surface area contributed by atoms with Gasteiger partial charge < -0.3 is 4.90 Å². The molecule has 4 heteroatoms. The highest BCUT2D eigenvalue weighted by molar-refractivity contribution is 7.10. The van der Waals surface area contributed by atoms with Crippen LogP contribution in [0.3, 0.4) is 0 Å². The van der Waals surface area contributed by atoms with Gasteiger partial charge in [-0.1, -0.05) is 13.0 Å². The average molecular weight is 258 g/mol. The number of thiophene rings is 1. The Bertz CT molecular complexity index is 352. The Labute approximate surface area is 105 Å². The molecule has 2 heterocycles. The summed E-state index contributed by atoms with van der Waals surface area (Å²) in [6.45, 7) is 2.78. The van der Waals surface area contributed by atoms with Gasteiger partial charge in [-0.15, -0.1) is 22.9 Å². The number of likely N-dealkylation sites (tertiary alicyclic amines) is 1. The van der Waals surface area contributed by atoms with Gasteiger partial charge in [0.05, 0.1) is 6.04 Å². The molecule has 2 unspecified atom stereocenters. The number of carbonyl (C=O) groups excluding carboxylic acids is 1. The SMILES string of the molecule is CC(CCl)C(=O)N1CCCC1c1cccs1. The Kier molecular flexibility index (Phi) is 3.87. The van der Waals surface area contributed by atoms with Crippen molar-refractivity contribution in [2.24, 2.45) is 5.92 Å². The minimum atomic E-state index is -0.0674. The molecule has 1 aromatic heterocycles. The first-order chi connectivity index (χ1) is 7.74.